The second-order valence-corrected chi connectivity index (χ2v) is 2.34. The Morgan fingerprint density at radius 3 is 3.08 bits per heavy atom. The first-order chi connectivity index (χ1) is 6.33. The molecule has 13 heavy (non-hydrogen) atoms. The van der Waals surface area contributed by atoms with E-state index in [-0.39, 0.29) is 19.0 Å². The number of ether oxygens (including phenoxy) is 2. The molecule has 4 nitrogen and oxygen atoms in total. The third-order valence-electron chi connectivity index (χ3n) is 1.35. The lowest BCUT2D eigenvalue weighted by Crippen LogP contribution is -2.09. The number of hydrogen-bond donors (Lipinski definition) is 0. The molecule has 0 spiro atoms. The molecular weight excluding hydrogens is 172 g/mol. The number of hydrogen-bond acceptors (Lipinski definition) is 4. The molecule has 0 amide bonds. The molecule has 1 aromatic heterocycles. The van der Waals surface area contributed by atoms with Crippen molar-refractivity contribution in [2.75, 3.05) is 13.2 Å². The van der Waals surface area contributed by atoms with E-state index in [0.717, 1.165) is 0 Å². The summed E-state index contributed by atoms with van der Waals surface area (Å²) in [6.07, 6.45) is 1.76. The largest absolute Gasteiger partial charge is 0.466 e. The molecular formula is C9H12O4. The Hall–Kier alpha value is -1.45. The van der Waals surface area contributed by atoms with Crippen LogP contribution in [0.5, 0.6) is 5.95 Å². The molecule has 0 bridgehead atoms. The van der Waals surface area contributed by atoms with E-state index in [1.807, 2.05) is 0 Å². The normalized spacial score (nSPS) is 9.62. The highest BCUT2D eigenvalue weighted by Gasteiger charge is 2.02. The van der Waals surface area contributed by atoms with E-state index >= 15 is 0 Å². The number of carbonyl (C=O) groups is 1. The minimum Gasteiger partial charge on any atom is -0.466 e. The van der Waals surface area contributed by atoms with Crippen LogP contribution in [0.15, 0.2) is 22.8 Å². The summed E-state index contributed by atoms with van der Waals surface area (Å²) in [6, 6.07) is 3.41. The zero-order valence-electron chi connectivity index (χ0n) is 7.49. The van der Waals surface area contributed by atoms with Gasteiger partial charge in [0.05, 0.1) is 19.3 Å². The van der Waals surface area contributed by atoms with Crippen molar-refractivity contribution >= 4 is 5.97 Å². The fourth-order valence-corrected chi connectivity index (χ4v) is 0.814. The molecule has 1 aromatic rings. The fraction of sp³-hybridized carbons (Fsp3) is 0.444. The molecule has 1 heterocycles. The summed E-state index contributed by atoms with van der Waals surface area (Å²) in [5, 5.41) is 0. The topological polar surface area (TPSA) is 48.7 Å². The van der Waals surface area contributed by atoms with E-state index in [1.165, 1.54) is 6.26 Å². The average molecular weight is 184 g/mol. The number of esters is 1. The molecule has 0 aliphatic carbocycles. The number of furan rings is 1. The maximum atomic E-state index is 10.8. The van der Waals surface area contributed by atoms with E-state index in [4.69, 9.17) is 13.9 Å². The second-order valence-electron chi connectivity index (χ2n) is 2.34. The molecule has 0 unspecified atom stereocenters. The molecule has 0 radical (unpaired) electrons. The lowest BCUT2D eigenvalue weighted by atomic mass is 10.5. The van der Waals surface area contributed by atoms with Crippen molar-refractivity contribution < 1.29 is 18.7 Å². The predicted molar refractivity (Wildman–Crippen MR) is 45.5 cm³/mol. The third kappa shape index (κ3) is 3.64. The fourth-order valence-electron chi connectivity index (χ4n) is 0.814. The van der Waals surface area contributed by atoms with Gasteiger partial charge in [0.25, 0.3) is 5.95 Å². The van der Waals surface area contributed by atoms with Crippen LogP contribution in [-0.2, 0) is 9.53 Å². The first kappa shape index (κ1) is 9.64. The van der Waals surface area contributed by atoms with Gasteiger partial charge in [0, 0.05) is 6.07 Å². The molecule has 0 saturated carbocycles. The van der Waals surface area contributed by atoms with Crippen molar-refractivity contribution in [1.82, 2.24) is 0 Å². The van der Waals surface area contributed by atoms with Gasteiger partial charge in [0.2, 0.25) is 0 Å². The van der Waals surface area contributed by atoms with Gasteiger partial charge in [0.15, 0.2) is 0 Å². The Morgan fingerprint density at radius 1 is 1.62 bits per heavy atom. The zero-order valence-corrected chi connectivity index (χ0v) is 7.49. The summed E-state index contributed by atoms with van der Waals surface area (Å²) in [5.41, 5.74) is 0. The maximum absolute atomic E-state index is 10.8. The van der Waals surface area contributed by atoms with Crippen molar-refractivity contribution in [2.45, 2.75) is 13.3 Å². The lowest BCUT2D eigenvalue weighted by Gasteiger charge is -2.01. The van der Waals surface area contributed by atoms with Gasteiger partial charge in [0.1, 0.15) is 6.61 Å². The summed E-state index contributed by atoms with van der Waals surface area (Å²) >= 11 is 0. The molecule has 0 aliphatic heterocycles. The second kappa shape index (κ2) is 5.24. The van der Waals surface area contributed by atoms with Crippen LogP contribution < -0.4 is 4.74 Å². The smallest absolute Gasteiger partial charge is 0.309 e. The van der Waals surface area contributed by atoms with E-state index in [9.17, 15) is 4.79 Å². The quantitative estimate of drug-likeness (QED) is 0.652. The monoisotopic (exact) mass is 184 g/mol. The van der Waals surface area contributed by atoms with E-state index in [1.54, 1.807) is 19.1 Å². The maximum Gasteiger partial charge on any atom is 0.309 e. The Balaban J connectivity index is 2.11. The Morgan fingerprint density at radius 2 is 2.46 bits per heavy atom. The van der Waals surface area contributed by atoms with Crippen LogP contribution in [0, 0.1) is 0 Å². The number of rotatable bonds is 5. The van der Waals surface area contributed by atoms with Gasteiger partial charge in [-0.3, -0.25) is 4.79 Å². The third-order valence-corrected chi connectivity index (χ3v) is 1.35. The average Bonchev–Trinajstić information content (AvgIpc) is 2.57. The molecule has 0 fully saturated rings. The van der Waals surface area contributed by atoms with Crippen molar-refractivity contribution in [3.8, 4) is 5.95 Å². The van der Waals surface area contributed by atoms with Crippen LogP contribution in [0.2, 0.25) is 0 Å². The lowest BCUT2D eigenvalue weighted by molar-refractivity contribution is -0.143. The van der Waals surface area contributed by atoms with Crippen LogP contribution in [-0.4, -0.2) is 19.2 Å². The van der Waals surface area contributed by atoms with Crippen molar-refractivity contribution in [1.29, 1.82) is 0 Å². The van der Waals surface area contributed by atoms with E-state index < -0.39 is 0 Å². The highest BCUT2D eigenvalue weighted by atomic mass is 16.6. The van der Waals surface area contributed by atoms with Gasteiger partial charge < -0.3 is 13.9 Å². The number of carbonyl (C=O) groups excluding carboxylic acids is 1. The van der Waals surface area contributed by atoms with Gasteiger partial charge in [-0.2, -0.15) is 0 Å². The molecule has 0 atom stereocenters. The Kier molecular flexibility index (Phi) is 3.88. The van der Waals surface area contributed by atoms with E-state index in [2.05, 4.69) is 0 Å². The molecule has 0 saturated heterocycles. The van der Waals surface area contributed by atoms with Crippen LogP contribution in [0.4, 0.5) is 0 Å². The van der Waals surface area contributed by atoms with Gasteiger partial charge in [-0.05, 0) is 13.0 Å². The van der Waals surface area contributed by atoms with Crippen LogP contribution >= 0.6 is 0 Å². The van der Waals surface area contributed by atoms with Crippen molar-refractivity contribution in [3.05, 3.63) is 18.4 Å². The Bertz CT molecular complexity index is 240. The van der Waals surface area contributed by atoms with E-state index in [0.29, 0.717) is 12.6 Å². The van der Waals surface area contributed by atoms with Crippen LogP contribution in [0.1, 0.15) is 13.3 Å². The highest BCUT2D eigenvalue weighted by molar-refractivity contribution is 5.69. The summed E-state index contributed by atoms with van der Waals surface area (Å²) in [4.78, 5) is 10.8. The summed E-state index contributed by atoms with van der Waals surface area (Å²) in [5.74, 6) is 0.165. The summed E-state index contributed by atoms with van der Waals surface area (Å²) < 4.78 is 14.7. The first-order valence-electron chi connectivity index (χ1n) is 4.15. The van der Waals surface area contributed by atoms with Gasteiger partial charge in [-0.25, -0.2) is 0 Å². The van der Waals surface area contributed by atoms with Crippen LogP contribution in [0.25, 0.3) is 0 Å². The SMILES string of the molecule is CCOC(=O)CCOc1ccco1. The first-order valence-corrected chi connectivity index (χ1v) is 4.15. The minimum atomic E-state index is -0.256. The summed E-state index contributed by atoms with van der Waals surface area (Å²) in [7, 11) is 0. The van der Waals surface area contributed by atoms with Crippen LogP contribution in [0.3, 0.4) is 0 Å². The minimum absolute atomic E-state index is 0.245. The van der Waals surface area contributed by atoms with Crippen molar-refractivity contribution in [2.24, 2.45) is 0 Å². The van der Waals surface area contributed by atoms with Gasteiger partial charge in [-0.15, -0.1) is 0 Å². The van der Waals surface area contributed by atoms with Crippen molar-refractivity contribution in [3.63, 3.8) is 0 Å². The predicted octanol–water partition coefficient (Wildman–Crippen LogP) is 1.61. The molecule has 72 valence electrons. The summed E-state index contributed by atoms with van der Waals surface area (Å²) in [6.45, 7) is 2.46. The van der Waals surface area contributed by atoms with Gasteiger partial charge in [-0.1, -0.05) is 0 Å². The zero-order chi connectivity index (χ0) is 9.52. The molecule has 0 N–H and O–H groups in total. The highest BCUT2D eigenvalue weighted by Crippen LogP contribution is 2.09. The van der Waals surface area contributed by atoms with Gasteiger partial charge >= 0.3 is 5.97 Å². The molecule has 0 aromatic carbocycles. The Labute approximate surface area is 76.4 Å². The standard InChI is InChI=1S/C9H12O4/c1-2-11-8(10)5-7-13-9-4-3-6-12-9/h3-4,6H,2,5,7H2,1H3. The molecule has 1 rings (SSSR count). The molecule has 0 aliphatic rings. The molecule has 4 heteroatoms.